The number of aromatic amines is 1. The first-order valence-corrected chi connectivity index (χ1v) is 9.49. The van der Waals surface area contributed by atoms with Crippen LogP contribution in [0.2, 0.25) is 0 Å². The number of halogens is 1. The number of nitrogens with zero attached hydrogens (tertiary/aromatic N) is 2. The van der Waals surface area contributed by atoms with Crippen LogP contribution in [0, 0.1) is 5.82 Å². The van der Waals surface area contributed by atoms with Crippen molar-refractivity contribution in [1.82, 2.24) is 15.1 Å². The van der Waals surface area contributed by atoms with Crippen molar-refractivity contribution >= 4 is 16.7 Å². The molecule has 0 unspecified atom stereocenters. The van der Waals surface area contributed by atoms with Gasteiger partial charge in [-0.05, 0) is 24.3 Å². The Kier molecular flexibility index (Phi) is 5.26. The van der Waals surface area contributed by atoms with Gasteiger partial charge >= 0.3 is 0 Å². The van der Waals surface area contributed by atoms with Gasteiger partial charge in [0.05, 0.1) is 44.2 Å². The lowest BCUT2D eigenvalue weighted by Crippen LogP contribution is -3.13. The molecular formula is C21H22FN4O3+. The summed E-state index contributed by atoms with van der Waals surface area (Å²) in [5.74, 6) is 0.186. The number of quaternary nitrogens is 1. The van der Waals surface area contributed by atoms with Crippen LogP contribution >= 0.6 is 0 Å². The van der Waals surface area contributed by atoms with Gasteiger partial charge in [-0.2, -0.15) is 5.10 Å². The number of nitrogens with one attached hydrogen (secondary N) is 2. The highest BCUT2D eigenvalue weighted by molar-refractivity contribution is 6.04. The number of amides is 1. The minimum Gasteiger partial charge on any atom is -0.496 e. The van der Waals surface area contributed by atoms with E-state index in [1.54, 1.807) is 42.3 Å². The molecule has 150 valence electrons. The zero-order chi connectivity index (χ0) is 20.4. The van der Waals surface area contributed by atoms with E-state index in [-0.39, 0.29) is 23.0 Å². The number of aromatic nitrogens is 2. The number of fused-ring (bicyclic) bond motifs is 1. The van der Waals surface area contributed by atoms with Crippen LogP contribution in [0.1, 0.15) is 16.1 Å². The average Bonchev–Trinajstić information content (AvgIpc) is 2.74. The third-order valence-corrected chi connectivity index (χ3v) is 5.34. The highest BCUT2D eigenvalue weighted by atomic mass is 19.1. The Morgan fingerprint density at radius 3 is 2.66 bits per heavy atom. The molecule has 1 amide bonds. The first-order valence-electron chi connectivity index (χ1n) is 9.49. The number of methoxy groups -OCH3 is 1. The molecule has 1 aliphatic heterocycles. The first kappa shape index (κ1) is 19.1. The van der Waals surface area contributed by atoms with E-state index in [2.05, 4.69) is 10.2 Å². The van der Waals surface area contributed by atoms with E-state index < -0.39 is 0 Å². The maximum Gasteiger partial charge on any atom is 0.275 e. The van der Waals surface area contributed by atoms with Gasteiger partial charge in [0.25, 0.3) is 11.5 Å². The first-order chi connectivity index (χ1) is 14.1. The molecule has 0 spiro atoms. The van der Waals surface area contributed by atoms with Gasteiger partial charge in [-0.1, -0.05) is 18.2 Å². The molecule has 0 aliphatic carbocycles. The van der Waals surface area contributed by atoms with E-state index in [1.165, 1.54) is 17.0 Å². The second-order valence-corrected chi connectivity index (χ2v) is 7.12. The number of hydrogen-bond donors (Lipinski definition) is 2. The Bertz CT molecular complexity index is 1110. The molecule has 1 aliphatic rings. The average molecular weight is 397 g/mol. The van der Waals surface area contributed by atoms with Gasteiger partial charge in [-0.25, -0.2) is 9.49 Å². The number of carbonyl (C=O) groups is 1. The van der Waals surface area contributed by atoms with E-state index in [0.717, 1.165) is 18.7 Å². The minimum atomic E-state index is -0.310. The van der Waals surface area contributed by atoms with Crippen LogP contribution in [0.25, 0.3) is 10.8 Å². The van der Waals surface area contributed by atoms with Crippen molar-refractivity contribution in [2.45, 2.75) is 6.54 Å². The van der Waals surface area contributed by atoms with Gasteiger partial charge in [0.1, 0.15) is 18.1 Å². The zero-order valence-corrected chi connectivity index (χ0v) is 16.1. The number of carbonyl (C=O) groups excluding carboxylic acids is 1. The second kappa shape index (κ2) is 8.00. The lowest BCUT2D eigenvalue weighted by molar-refractivity contribution is -0.917. The maximum absolute atomic E-state index is 13.6. The normalized spacial score (nSPS) is 14.9. The molecule has 0 saturated carbocycles. The van der Waals surface area contributed by atoms with Gasteiger partial charge in [0.15, 0.2) is 5.69 Å². The number of piperazine rings is 1. The van der Waals surface area contributed by atoms with Crippen molar-refractivity contribution in [3.63, 3.8) is 0 Å². The van der Waals surface area contributed by atoms with Crippen molar-refractivity contribution in [3.05, 3.63) is 69.9 Å². The van der Waals surface area contributed by atoms with E-state index in [4.69, 9.17) is 4.74 Å². The molecule has 0 radical (unpaired) electrons. The predicted molar refractivity (Wildman–Crippen MR) is 106 cm³/mol. The molecular weight excluding hydrogens is 375 g/mol. The monoisotopic (exact) mass is 397 g/mol. The summed E-state index contributed by atoms with van der Waals surface area (Å²) in [6.45, 7) is 3.20. The fraction of sp³-hybridized carbons (Fsp3) is 0.286. The number of benzene rings is 2. The van der Waals surface area contributed by atoms with Crippen molar-refractivity contribution in [2.24, 2.45) is 0 Å². The summed E-state index contributed by atoms with van der Waals surface area (Å²) in [5.41, 5.74) is 0.765. The van der Waals surface area contributed by atoms with Gasteiger partial charge in [0, 0.05) is 5.39 Å². The quantitative estimate of drug-likeness (QED) is 0.676. The molecule has 2 heterocycles. The van der Waals surface area contributed by atoms with Crippen molar-refractivity contribution < 1.29 is 18.8 Å². The molecule has 0 bridgehead atoms. The van der Waals surface area contributed by atoms with Crippen LogP contribution in [-0.2, 0) is 6.54 Å². The Morgan fingerprint density at radius 1 is 1.21 bits per heavy atom. The van der Waals surface area contributed by atoms with E-state index in [0.29, 0.717) is 36.2 Å². The predicted octanol–water partition coefficient (Wildman–Crippen LogP) is 0.612. The summed E-state index contributed by atoms with van der Waals surface area (Å²) >= 11 is 0. The molecule has 4 rings (SSSR count). The molecule has 29 heavy (non-hydrogen) atoms. The number of rotatable bonds is 4. The molecule has 3 aromatic rings. The zero-order valence-electron chi connectivity index (χ0n) is 16.1. The minimum absolute atomic E-state index is 0.195. The van der Waals surface area contributed by atoms with Crippen LogP contribution in [0.4, 0.5) is 4.39 Å². The van der Waals surface area contributed by atoms with Crippen LogP contribution < -0.4 is 15.2 Å². The molecule has 8 heteroatoms. The summed E-state index contributed by atoms with van der Waals surface area (Å²) in [4.78, 5) is 27.9. The van der Waals surface area contributed by atoms with Gasteiger partial charge in [0.2, 0.25) is 0 Å². The largest absolute Gasteiger partial charge is 0.496 e. The van der Waals surface area contributed by atoms with E-state index >= 15 is 0 Å². The highest BCUT2D eigenvalue weighted by Crippen LogP contribution is 2.18. The number of ether oxygens (including phenoxy) is 1. The smallest absolute Gasteiger partial charge is 0.275 e. The molecule has 0 atom stereocenters. The van der Waals surface area contributed by atoms with E-state index in [9.17, 15) is 14.0 Å². The number of H-pyrrole nitrogens is 1. The Balaban J connectivity index is 1.47. The molecule has 1 fully saturated rings. The summed E-state index contributed by atoms with van der Waals surface area (Å²) in [5, 5.41) is 7.43. The van der Waals surface area contributed by atoms with Gasteiger partial charge in [-0.15, -0.1) is 0 Å². The Hall–Kier alpha value is -3.26. The molecule has 7 nitrogen and oxygen atoms in total. The topological polar surface area (TPSA) is 79.7 Å². The molecule has 1 saturated heterocycles. The summed E-state index contributed by atoms with van der Waals surface area (Å²) in [7, 11) is 1.57. The third-order valence-electron chi connectivity index (χ3n) is 5.34. The van der Waals surface area contributed by atoms with Gasteiger partial charge < -0.3 is 14.5 Å². The lowest BCUT2D eigenvalue weighted by Gasteiger charge is -2.32. The lowest BCUT2D eigenvalue weighted by atomic mass is 10.1. The molecule has 2 N–H and O–H groups in total. The summed E-state index contributed by atoms with van der Waals surface area (Å²) in [6, 6.07) is 11.5. The van der Waals surface area contributed by atoms with Crippen LogP contribution in [0.15, 0.2) is 47.3 Å². The van der Waals surface area contributed by atoms with Crippen LogP contribution in [0.5, 0.6) is 5.75 Å². The standard InChI is InChI=1S/C21H21FN4O3/c1-29-18-7-6-15(22)12-14(18)13-25-8-10-26(11-9-25)21(28)19-16-4-2-3-5-17(16)20(27)24-23-19/h2-7,12H,8-11,13H2,1H3,(H,24,27)/p+1. The van der Waals surface area contributed by atoms with Crippen molar-refractivity contribution in [1.29, 1.82) is 0 Å². The highest BCUT2D eigenvalue weighted by Gasteiger charge is 2.27. The van der Waals surface area contributed by atoms with E-state index in [1.807, 2.05) is 0 Å². The summed E-state index contributed by atoms with van der Waals surface area (Å²) < 4.78 is 18.9. The fourth-order valence-electron chi connectivity index (χ4n) is 3.78. The van der Waals surface area contributed by atoms with Crippen LogP contribution in [0.3, 0.4) is 0 Å². The van der Waals surface area contributed by atoms with Crippen molar-refractivity contribution in [3.8, 4) is 5.75 Å². The number of hydrogen-bond acceptors (Lipinski definition) is 4. The fourth-order valence-corrected chi connectivity index (χ4v) is 3.78. The Labute approximate surface area is 166 Å². The molecule has 2 aromatic carbocycles. The maximum atomic E-state index is 13.6. The van der Waals surface area contributed by atoms with Crippen molar-refractivity contribution in [2.75, 3.05) is 33.3 Å². The SMILES string of the molecule is COc1ccc(F)cc1C[NH+]1CCN(C(=O)c2n[nH]c(=O)c3ccccc23)CC1. The van der Waals surface area contributed by atoms with Crippen LogP contribution in [-0.4, -0.2) is 54.3 Å². The second-order valence-electron chi connectivity index (χ2n) is 7.12. The van der Waals surface area contributed by atoms with Gasteiger partial charge in [-0.3, -0.25) is 9.59 Å². The molecule has 1 aromatic heterocycles. The third kappa shape index (κ3) is 3.84. The Morgan fingerprint density at radius 2 is 1.93 bits per heavy atom. The summed E-state index contributed by atoms with van der Waals surface area (Å²) in [6.07, 6.45) is 0.